The van der Waals surface area contributed by atoms with Crippen LogP contribution in [-0.2, 0) is 4.74 Å². The Hall–Kier alpha value is 0.137. The van der Waals surface area contributed by atoms with E-state index in [4.69, 9.17) is 4.74 Å². The SMILES string of the molecule is CC(C)C(C)(C(O)OCCC[SiH3])C(C)(C)C. The van der Waals surface area contributed by atoms with Crippen molar-refractivity contribution in [1.82, 2.24) is 0 Å². The van der Waals surface area contributed by atoms with Crippen molar-refractivity contribution >= 4 is 10.2 Å². The predicted octanol–water partition coefficient (Wildman–Crippen LogP) is 2.20. The van der Waals surface area contributed by atoms with E-state index in [1.165, 1.54) is 16.3 Å². The van der Waals surface area contributed by atoms with Gasteiger partial charge in [-0.2, -0.15) is 0 Å². The second kappa shape index (κ2) is 6.17. The molecule has 0 fully saturated rings. The smallest absolute Gasteiger partial charge is 0.160 e. The minimum Gasteiger partial charge on any atom is -0.367 e. The summed E-state index contributed by atoms with van der Waals surface area (Å²) in [5, 5.41) is 10.3. The van der Waals surface area contributed by atoms with E-state index in [1.807, 2.05) is 0 Å². The molecule has 0 aromatic rings. The Kier molecular flexibility index (Phi) is 6.23. The molecule has 2 unspecified atom stereocenters. The first-order valence-electron chi connectivity index (χ1n) is 6.47. The molecule has 0 aromatic carbocycles. The molecule has 3 heteroatoms. The van der Waals surface area contributed by atoms with Crippen LogP contribution in [0.5, 0.6) is 0 Å². The van der Waals surface area contributed by atoms with Crippen LogP contribution < -0.4 is 0 Å². The van der Waals surface area contributed by atoms with Crippen molar-refractivity contribution in [2.75, 3.05) is 6.61 Å². The van der Waals surface area contributed by atoms with E-state index in [2.05, 4.69) is 41.5 Å². The molecule has 0 rings (SSSR count). The Balaban J connectivity index is 4.66. The van der Waals surface area contributed by atoms with E-state index in [1.54, 1.807) is 0 Å². The maximum Gasteiger partial charge on any atom is 0.160 e. The summed E-state index contributed by atoms with van der Waals surface area (Å²) in [6, 6.07) is 1.24. The molecule has 0 heterocycles. The fourth-order valence-corrected chi connectivity index (χ4v) is 2.32. The highest BCUT2D eigenvalue weighted by Crippen LogP contribution is 2.47. The van der Waals surface area contributed by atoms with Gasteiger partial charge in [0.25, 0.3) is 0 Å². The van der Waals surface area contributed by atoms with E-state index in [0.29, 0.717) is 12.5 Å². The van der Waals surface area contributed by atoms with Crippen molar-refractivity contribution in [3.8, 4) is 0 Å². The number of hydrogen-bond acceptors (Lipinski definition) is 2. The first-order chi connectivity index (χ1) is 7.17. The first kappa shape index (κ1) is 16.1. The van der Waals surface area contributed by atoms with E-state index in [-0.39, 0.29) is 10.8 Å². The largest absolute Gasteiger partial charge is 0.367 e. The molecular weight excluding hydrogens is 216 g/mol. The second-order valence-electron chi connectivity index (χ2n) is 6.26. The molecule has 0 radical (unpaired) electrons. The fraction of sp³-hybridized carbons (Fsp3) is 1.00. The lowest BCUT2D eigenvalue weighted by Gasteiger charge is -2.48. The zero-order valence-electron chi connectivity index (χ0n) is 12.1. The summed E-state index contributed by atoms with van der Waals surface area (Å²) in [7, 11) is 1.21. The Morgan fingerprint density at radius 1 is 1.19 bits per heavy atom. The highest BCUT2D eigenvalue weighted by atomic mass is 28.1. The molecule has 0 aliphatic rings. The summed E-state index contributed by atoms with van der Waals surface area (Å²) in [5.41, 5.74) is -0.181. The standard InChI is InChI=1S/C13H30O2Si/c1-10(2)13(6,12(3,4)5)11(14)15-8-7-9-16/h10-11,14H,7-9H2,1-6,16H3. The van der Waals surface area contributed by atoms with E-state index < -0.39 is 6.29 Å². The van der Waals surface area contributed by atoms with Gasteiger partial charge in [0.05, 0.1) is 0 Å². The lowest BCUT2D eigenvalue weighted by molar-refractivity contribution is -0.218. The second-order valence-corrected chi connectivity index (χ2v) is 7.26. The van der Waals surface area contributed by atoms with Gasteiger partial charge in [0.1, 0.15) is 0 Å². The summed E-state index contributed by atoms with van der Waals surface area (Å²) in [5.74, 6) is 0.388. The van der Waals surface area contributed by atoms with Crippen LogP contribution in [-0.4, -0.2) is 28.2 Å². The summed E-state index contributed by atoms with van der Waals surface area (Å²) in [6.07, 6.45) is 0.405. The molecule has 0 aliphatic heterocycles. The molecule has 16 heavy (non-hydrogen) atoms. The van der Waals surface area contributed by atoms with Crippen LogP contribution in [0, 0.1) is 16.7 Å². The highest BCUT2D eigenvalue weighted by molar-refractivity contribution is 6.08. The van der Waals surface area contributed by atoms with Gasteiger partial charge in [-0.25, -0.2) is 0 Å². The molecule has 0 saturated heterocycles. The van der Waals surface area contributed by atoms with Crippen LogP contribution in [0.2, 0.25) is 6.04 Å². The molecule has 0 amide bonds. The van der Waals surface area contributed by atoms with Gasteiger partial charge in [-0.3, -0.25) is 0 Å². The van der Waals surface area contributed by atoms with Gasteiger partial charge in [0.2, 0.25) is 0 Å². The Morgan fingerprint density at radius 3 is 2.00 bits per heavy atom. The summed E-state index contributed by atoms with van der Waals surface area (Å²) in [4.78, 5) is 0. The van der Waals surface area contributed by atoms with Crippen LogP contribution in [0.15, 0.2) is 0 Å². The monoisotopic (exact) mass is 246 g/mol. The van der Waals surface area contributed by atoms with Gasteiger partial charge in [0.15, 0.2) is 6.29 Å². The quantitative estimate of drug-likeness (QED) is 0.442. The predicted molar refractivity (Wildman–Crippen MR) is 73.7 cm³/mol. The molecule has 98 valence electrons. The topological polar surface area (TPSA) is 29.5 Å². The fourth-order valence-electron chi connectivity index (χ4n) is 2.03. The van der Waals surface area contributed by atoms with Crippen molar-refractivity contribution in [1.29, 1.82) is 0 Å². The van der Waals surface area contributed by atoms with Crippen molar-refractivity contribution in [2.45, 2.75) is 60.3 Å². The minimum atomic E-state index is -0.666. The number of aliphatic hydroxyl groups is 1. The van der Waals surface area contributed by atoms with E-state index >= 15 is 0 Å². The maximum atomic E-state index is 10.3. The third-order valence-electron chi connectivity index (χ3n) is 4.10. The molecule has 0 saturated carbocycles. The van der Waals surface area contributed by atoms with Crippen LogP contribution >= 0.6 is 0 Å². The highest BCUT2D eigenvalue weighted by Gasteiger charge is 2.46. The Morgan fingerprint density at radius 2 is 1.69 bits per heavy atom. The average Bonchev–Trinajstić information content (AvgIpc) is 2.14. The first-order valence-corrected chi connectivity index (χ1v) is 7.89. The van der Waals surface area contributed by atoms with E-state index in [9.17, 15) is 5.11 Å². The molecule has 0 aromatic heterocycles. The van der Waals surface area contributed by atoms with Gasteiger partial charge in [0, 0.05) is 22.3 Å². The summed E-state index contributed by atoms with van der Waals surface area (Å²) < 4.78 is 5.61. The van der Waals surface area contributed by atoms with Crippen molar-refractivity contribution in [2.24, 2.45) is 16.7 Å². The van der Waals surface area contributed by atoms with Gasteiger partial charge >= 0.3 is 0 Å². The lowest BCUT2D eigenvalue weighted by atomic mass is 9.61. The Labute approximate surface area is 104 Å². The number of aliphatic hydroxyl groups excluding tert-OH is 1. The molecule has 0 aliphatic carbocycles. The van der Waals surface area contributed by atoms with Crippen LogP contribution in [0.1, 0.15) is 48.0 Å². The van der Waals surface area contributed by atoms with Gasteiger partial charge in [-0.15, -0.1) is 0 Å². The molecular formula is C13H30O2Si. The summed E-state index contributed by atoms with van der Waals surface area (Å²) in [6.45, 7) is 13.6. The Bertz CT molecular complexity index is 199. The van der Waals surface area contributed by atoms with Crippen molar-refractivity contribution in [3.63, 3.8) is 0 Å². The molecule has 0 bridgehead atoms. The number of ether oxygens (including phenoxy) is 1. The summed E-state index contributed by atoms with van der Waals surface area (Å²) >= 11 is 0. The van der Waals surface area contributed by atoms with E-state index in [0.717, 1.165) is 6.42 Å². The third-order valence-corrected chi connectivity index (χ3v) is 4.81. The molecule has 2 nitrogen and oxygen atoms in total. The minimum absolute atomic E-state index is 0.0293. The number of hydrogen-bond donors (Lipinski definition) is 1. The van der Waals surface area contributed by atoms with Crippen molar-refractivity contribution < 1.29 is 9.84 Å². The molecule has 2 atom stereocenters. The van der Waals surface area contributed by atoms with Crippen LogP contribution in [0.3, 0.4) is 0 Å². The normalized spacial score (nSPS) is 18.8. The van der Waals surface area contributed by atoms with Gasteiger partial charge in [-0.05, 0) is 17.8 Å². The zero-order chi connectivity index (χ0) is 13.0. The lowest BCUT2D eigenvalue weighted by Crippen LogP contribution is -2.48. The average molecular weight is 246 g/mol. The third kappa shape index (κ3) is 3.57. The number of rotatable bonds is 6. The van der Waals surface area contributed by atoms with Crippen LogP contribution in [0.4, 0.5) is 0 Å². The van der Waals surface area contributed by atoms with Crippen LogP contribution in [0.25, 0.3) is 0 Å². The van der Waals surface area contributed by atoms with Gasteiger partial charge < -0.3 is 9.84 Å². The maximum absolute atomic E-state index is 10.3. The van der Waals surface area contributed by atoms with Gasteiger partial charge in [-0.1, -0.05) is 47.6 Å². The van der Waals surface area contributed by atoms with Crippen molar-refractivity contribution in [3.05, 3.63) is 0 Å². The molecule has 1 N–H and O–H groups in total. The zero-order valence-corrected chi connectivity index (χ0v) is 14.1. The molecule has 0 spiro atoms.